The van der Waals surface area contributed by atoms with Crippen LogP contribution in [0.25, 0.3) is 11.2 Å². The monoisotopic (exact) mass is 447 g/mol. The van der Waals surface area contributed by atoms with Gasteiger partial charge in [-0.1, -0.05) is 0 Å². The van der Waals surface area contributed by atoms with E-state index in [1.165, 1.54) is 10.9 Å². The number of hydrogen-bond donors (Lipinski definition) is 6. The number of rotatable bonds is 7. The van der Waals surface area contributed by atoms with Gasteiger partial charge in [-0.3, -0.25) is 0 Å². The van der Waals surface area contributed by atoms with Crippen molar-refractivity contribution in [1.29, 1.82) is 0 Å². The normalized spacial score (nSPS) is 26.5. The third-order valence-corrected chi connectivity index (χ3v) is 6.51. The van der Waals surface area contributed by atoms with E-state index < -0.39 is 36.6 Å². The molecule has 1 unspecified atom stereocenters. The van der Waals surface area contributed by atoms with Crippen LogP contribution in [0.5, 0.6) is 0 Å². The third-order valence-electron chi connectivity index (χ3n) is 4.22. The zero-order valence-electron chi connectivity index (χ0n) is 14.2. The quantitative estimate of drug-likeness (QED) is 0.193. The Morgan fingerprint density at radius 2 is 2.07 bits per heavy atom. The predicted octanol–water partition coefficient (Wildman–Crippen LogP) is -2.61. The molecule has 1 amide bonds. The van der Waals surface area contributed by atoms with E-state index in [1.807, 2.05) is 0 Å². The minimum atomic E-state index is -1.20. The van der Waals surface area contributed by atoms with Gasteiger partial charge in [-0.05, 0) is 0 Å². The molecule has 13 heteroatoms. The summed E-state index contributed by atoms with van der Waals surface area (Å²) in [4.78, 5) is 22.9. The second-order valence-electron chi connectivity index (χ2n) is 6.12. The van der Waals surface area contributed by atoms with E-state index >= 15 is 0 Å². The van der Waals surface area contributed by atoms with Crippen molar-refractivity contribution in [1.82, 2.24) is 19.5 Å². The van der Waals surface area contributed by atoms with E-state index in [4.69, 9.17) is 21.9 Å². The van der Waals surface area contributed by atoms with Crippen LogP contribution in [-0.2, 0) is 9.53 Å². The van der Waals surface area contributed by atoms with Gasteiger partial charge >= 0.3 is 159 Å². The van der Waals surface area contributed by atoms with Crippen LogP contribution in [0.1, 0.15) is 12.6 Å². The van der Waals surface area contributed by atoms with Gasteiger partial charge in [0.25, 0.3) is 0 Å². The summed E-state index contributed by atoms with van der Waals surface area (Å²) in [5.41, 5.74) is 17.0. The first kappa shape index (κ1) is 19.7. The SMILES string of the molecule is NC(=O)C(O)CC[Se]C[C@H]1O[C@@H](n2cnc3c(N)nc(N)nc32)[C@H](O)[C@@H]1O. The van der Waals surface area contributed by atoms with Crippen molar-refractivity contribution in [3.63, 3.8) is 0 Å². The molecule has 0 spiro atoms. The Morgan fingerprint density at radius 1 is 1.33 bits per heavy atom. The van der Waals surface area contributed by atoms with Crippen molar-refractivity contribution in [2.75, 3.05) is 11.5 Å². The Kier molecular flexibility index (Phi) is 5.79. The average molecular weight is 446 g/mol. The number of carbonyl (C=O) groups excluding carboxylic acids is 1. The van der Waals surface area contributed by atoms with Gasteiger partial charge in [0, 0.05) is 0 Å². The standard InChI is InChI=1S/C14H21N7O5Se/c15-10-7-12(20-14(17)19-10)21(4-18-7)13-9(24)8(23)6(26-13)3-27-2-1-5(22)11(16)25/h4-6,8-9,13,22-24H,1-3H2,(H2,16,25)(H4,15,17,19,20)/t5?,6-,8-,9-,13-/m1/s1. The van der Waals surface area contributed by atoms with Gasteiger partial charge in [-0.15, -0.1) is 0 Å². The molecule has 12 nitrogen and oxygen atoms in total. The molecule has 1 aliphatic rings. The number of aromatic nitrogens is 4. The topological polar surface area (TPSA) is 209 Å². The van der Waals surface area contributed by atoms with Crippen LogP contribution in [0.4, 0.5) is 11.8 Å². The number of anilines is 2. The second kappa shape index (κ2) is 7.92. The van der Waals surface area contributed by atoms with Gasteiger partial charge in [-0.2, -0.15) is 0 Å². The van der Waals surface area contributed by atoms with Gasteiger partial charge in [0.2, 0.25) is 0 Å². The molecule has 5 atom stereocenters. The van der Waals surface area contributed by atoms with Crippen molar-refractivity contribution < 1.29 is 24.9 Å². The summed E-state index contributed by atoms with van der Waals surface area (Å²) in [6, 6.07) is 0. The summed E-state index contributed by atoms with van der Waals surface area (Å²) in [6.07, 6.45) is -3.34. The molecule has 3 rings (SSSR count). The Morgan fingerprint density at radius 3 is 2.78 bits per heavy atom. The Hall–Kier alpha value is -2.02. The van der Waals surface area contributed by atoms with Crippen LogP contribution in [0.15, 0.2) is 6.33 Å². The predicted molar refractivity (Wildman–Crippen MR) is 95.3 cm³/mol. The van der Waals surface area contributed by atoms with Gasteiger partial charge in [0.05, 0.1) is 0 Å². The van der Waals surface area contributed by atoms with Crippen LogP contribution >= 0.6 is 0 Å². The van der Waals surface area contributed by atoms with Crippen molar-refractivity contribution in [3.8, 4) is 0 Å². The summed E-state index contributed by atoms with van der Waals surface area (Å²) >= 11 is -0.0231. The van der Waals surface area contributed by atoms with Crippen molar-refractivity contribution in [3.05, 3.63) is 6.33 Å². The van der Waals surface area contributed by atoms with Gasteiger partial charge in [-0.25, -0.2) is 0 Å². The molecule has 0 aromatic carbocycles. The number of ether oxygens (including phenoxy) is 1. The van der Waals surface area contributed by atoms with Crippen LogP contribution < -0.4 is 17.2 Å². The van der Waals surface area contributed by atoms with E-state index in [2.05, 4.69) is 15.0 Å². The molecule has 2 aromatic heterocycles. The van der Waals surface area contributed by atoms with Crippen molar-refractivity contribution >= 4 is 43.8 Å². The molecule has 0 saturated carbocycles. The zero-order valence-corrected chi connectivity index (χ0v) is 15.9. The van der Waals surface area contributed by atoms with E-state index in [9.17, 15) is 20.1 Å². The molecule has 1 saturated heterocycles. The molecular weight excluding hydrogens is 425 g/mol. The summed E-state index contributed by atoms with van der Waals surface area (Å²) in [5, 5.41) is 31.2. The first-order valence-corrected chi connectivity index (χ1v) is 10.5. The number of hydrogen-bond acceptors (Lipinski definition) is 10. The van der Waals surface area contributed by atoms with Gasteiger partial charge < -0.3 is 0 Å². The Balaban J connectivity index is 1.68. The number of nitrogens with two attached hydrogens (primary N) is 3. The number of carbonyl (C=O) groups is 1. The average Bonchev–Trinajstić information content (AvgIpc) is 3.14. The van der Waals surface area contributed by atoms with Crippen LogP contribution in [0.3, 0.4) is 0 Å². The Labute approximate surface area is 159 Å². The van der Waals surface area contributed by atoms with E-state index in [0.717, 1.165) is 0 Å². The number of primary amides is 1. The Bertz CT molecular complexity index is 834. The minimum absolute atomic E-state index is 0.0231. The number of aliphatic hydroxyl groups excluding tert-OH is 3. The summed E-state index contributed by atoms with van der Waals surface area (Å²) in [6.45, 7) is 0. The summed E-state index contributed by atoms with van der Waals surface area (Å²) in [7, 11) is 0. The molecule has 148 valence electrons. The number of imidazole rings is 1. The summed E-state index contributed by atoms with van der Waals surface area (Å²) < 4.78 is 7.27. The zero-order chi connectivity index (χ0) is 19.7. The molecule has 2 aromatic rings. The second-order valence-corrected chi connectivity index (χ2v) is 8.53. The van der Waals surface area contributed by atoms with Gasteiger partial charge in [0.1, 0.15) is 0 Å². The van der Waals surface area contributed by atoms with E-state index in [-0.39, 0.29) is 33.1 Å². The number of nitrogen functional groups attached to an aromatic ring is 2. The molecule has 27 heavy (non-hydrogen) atoms. The fourth-order valence-corrected chi connectivity index (χ4v) is 5.01. The molecule has 1 aliphatic heterocycles. The molecule has 3 heterocycles. The van der Waals surface area contributed by atoms with Crippen LogP contribution in [0.2, 0.25) is 10.6 Å². The van der Waals surface area contributed by atoms with Crippen LogP contribution in [-0.4, -0.2) is 80.1 Å². The maximum atomic E-state index is 10.8. The number of amides is 1. The van der Waals surface area contributed by atoms with Gasteiger partial charge in [0.15, 0.2) is 0 Å². The molecular formula is C14H21N7O5Se. The van der Waals surface area contributed by atoms with E-state index in [1.54, 1.807) is 0 Å². The van der Waals surface area contributed by atoms with Crippen molar-refractivity contribution in [2.45, 2.75) is 47.7 Å². The third kappa shape index (κ3) is 3.98. The van der Waals surface area contributed by atoms with Crippen LogP contribution in [0, 0.1) is 0 Å². The molecule has 1 fully saturated rings. The maximum absolute atomic E-state index is 10.8. The molecule has 0 radical (unpaired) electrons. The number of fused-ring (bicyclic) bond motifs is 1. The summed E-state index contributed by atoms with van der Waals surface area (Å²) in [5.74, 6) is -0.689. The molecule has 0 aliphatic carbocycles. The molecule has 9 N–H and O–H groups in total. The fraction of sp³-hybridized carbons (Fsp3) is 0.571. The van der Waals surface area contributed by atoms with E-state index in [0.29, 0.717) is 21.8 Å². The number of aliphatic hydroxyl groups is 3. The van der Waals surface area contributed by atoms with Crippen molar-refractivity contribution in [2.24, 2.45) is 5.73 Å². The molecule has 0 bridgehead atoms. The first-order chi connectivity index (χ1) is 12.8. The first-order valence-electron chi connectivity index (χ1n) is 8.11. The number of nitrogens with zero attached hydrogens (tertiary/aromatic N) is 4. The fourth-order valence-electron chi connectivity index (χ4n) is 2.78.